The van der Waals surface area contributed by atoms with Gasteiger partial charge in [-0.1, -0.05) is 0 Å². The van der Waals surface area contributed by atoms with Crippen LogP contribution >= 0.6 is 0 Å². The Morgan fingerprint density at radius 1 is 1.44 bits per heavy atom. The minimum absolute atomic E-state index is 0.0220. The Morgan fingerprint density at radius 3 is 3.00 bits per heavy atom. The molecule has 2 amide bonds. The largest absolute Gasteiger partial charge is 0.394 e. The zero-order valence-corrected chi connectivity index (χ0v) is 8.72. The molecule has 0 spiro atoms. The molecule has 3 N–H and O–H groups in total. The van der Waals surface area contributed by atoms with Gasteiger partial charge in [0.2, 0.25) is 0 Å². The van der Waals surface area contributed by atoms with E-state index in [4.69, 9.17) is 9.84 Å². The Morgan fingerprint density at radius 2 is 2.31 bits per heavy atom. The van der Waals surface area contributed by atoms with E-state index in [1.165, 1.54) is 18.6 Å². The van der Waals surface area contributed by atoms with Crippen LogP contribution in [-0.4, -0.2) is 47.5 Å². The Hall–Kier alpha value is -1.73. The Labute approximate surface area is 92.9 Å². The van der Waals surface area contributed by atoms with Gasteiger partial charge in [-0.25, -0.2) is 9.78 Å². The van der Waals surface area contributed by atoms with E-state index in [1.807, 2.05) is 0 Å². The summed E-state index contributed by atoms with van der Waals surface area (Å²) in [4.78, 5) is 18.9. The van der Waals surface area contributed by atoms with Gasteiger partial charge in [-0.3, -0.25) is 10.3 Å². The van der Waals surface area contributed by atoms with Crippen LogP contribution in [0.3, 0.4) is 0 Å². The predicted octanol–water partition coefficient (Wildman–Crippen LogP) is -0.393. The number of nitrogens with one attached hydrogen (secondary N) is 2. The Balaban J connectivity index is 2.12. The number of urea groups is 1. The molecule has 0 atom stereocenters. The SMILES string of the molecule is O=C(NCCOCCO)Nc1cnccn1. The fourth-order valence-electron chi connectivity index (χ4n) is 0.927. The molecule has 0 aromatic carbocycles. The number of nitrogens with zero attached hydrogens (tertiary/aromatic N) is 2. The lowest BCUT2D eigenvalue weighted by Crippen LogP contribution is -2.32. The van der Waals surface area contributed by atoms with Gasteiger partial charge in [0.15, 0.2) is 5.82 Å². The molecule has 1 rings (SSSR count). The summed E-state index contributed by atoms with van der Waals surface area (Å²) < 4.78 is 4.96. The second-order valence-corrected chi connectivity index (χ2v) is 2.81. The number of hydrogen-bond acceptors (Lipinski definition) is 5. The third-order valence-electron chi connectivity index (χ3n) is 1.57. The summed E-state index contributed by atoms with van der Waals surface area (Å²) in [5.74, 6) is 0.385. The first kappa shape index (κ1) is 12.3. The van der Waals surface area contributed by atoms with Gasteiger partial charge >= 0.3 is 6.03 Å². The first-order chi connectivity index (χ1) is 7.83. The highest BCUT2D eigenvalue weighted by molar-refractivity contribution is 5.87. The van der Waals surface area contributed by atoms with Crippen LogP contribution in [0.25, 0.3) is 0 Å². The molecule has 0 unspecified atom stereocenters. The molecular weight excluding hydrogens is 212 g/mol. The second kappa shape index (κ2) is 7.55. The van der Waals surface area contributed by atoms with Gasteiger partial charge in [-0.15, -0.1) is 0 Å². The fraction of sp³-hybridized carbons (Fsp3) is 0.444. The van der Waals surface area contributed by atoms with Crippen molar-refractivity contribution in [2.45, 2.75) is 0 Å². The van der Waals surface area contributed by atoms with Crippen LogP contribution in [0.5, 0.6) is 0 Å². The predicted molar refractivity (Wildman–Crippen MR) is 57.0 cm³/mol. The monoisotopic (exact) mass is 226 g/mol. The van der Waals surface area contributed by atoms with Crippen LogP contribution in [-0.2, 0) is 4.74 Å². The lowest BCUT2D eigenvalue weighted by molar-refractivity contribution is 0.0950. The zero-order valence-electron chi connectivity index (χ0n) is 8.72. The number of carbonyl (C=O) groups excluding carboxylic acids is 1. The van der Waals surface area contributed by atoms with E-state index < -0.39 is 0 Å². The molecular formula is C9H14N4O3. The molecule has 0 saturated heterocycles. The average Bonchev–Trinajstić information content (AvgIpc) is 2.30. The van der Waals surface area contributed by atoms with Crippen LogP contribution in [0.15, 0.2) is 18.6 Å². The maximum atomic E-state index is 11.3. The van der Waals surface area contributed by atoms with Crippen molar-refractivity contribution in [2.24, 2.45) is 0 Å². The van der Waals surface area contributed by atoms with Crippen LogP contribution in [0.1, 0.15) is 0 Å². The van der Waals surface area contributed by atoms with Crippen molar-refractivity contribution in [3.8, 4) is 0 Å². The first-order valence-corrected chi connectivity index (χ1v) is 4.82. The van der Waals surface area contributed by atoms with E-state index >= 15 is 0 Å². The molecule has 0 radical (unpaired) electrons. The average molecular weight is 226 g/mol. The molecule has 7 nitrogen and oxygen atoms in total. The summed E-state index contributed by atoms with van der Waals surface area (Å²) in [7, 11) is 0. The topological polar surface area (TPSA) is 96.4 Å². The second-order valence-electron chi connectivity index (χ2n) is 2.81. The van der Waals surface area contributed by atoms with Gasteiger partial charge in [0.25, 0.3) is 0 Å². The molecule has 1 heterocycles. The summed E-state index contributed by atoms with van der Waals surface area (Å²) >= 11 is 0. The van der Waals surface area contributed by atoms with Crippen molar-refractivity contribution < 1.29 is 14.6 Å². The molecule has 0 aliphatic carbocycles. The van der Waals surface area contributed by atoms with Gasteiger partial charge < -0.3 is 15.2 Å². The van der Waals surface area contributed by atoms with Gasteiger partial charge in [0, 0.05) is 18.9 Å². The summed E-state index contributed by atoms with van der Waals surface area (Å²) in [6.45, 7) is 0.972. The summed E-state index contributed by atoms with van der Waals surface area (Å²) in [5.41, 5.74) is 0. The highest BCUT2D eigenvalue weighted by Gasteiger charge is 2.00. The smallest absolute Gasteiger partial charge is 0.320 e. The standard InChI is InChI=1S/C9H14N4O3/c14-4-6-16-5-3-12-9(15)13-8-7-10-1-2-11-8/h1-2,7,14H,3-6H2,(H2,11,12,13,15). The lowest BCUT2D eigenvalue weighted by atomic mass is 10.6. The number of aliphatic hydroxyl groups excluding tert-OH is 1. The maximum absolute atomic E-state index is 11.3. The van der Waals surface area contributed by atoms with Crippen molar-refractivity contribution >= 4 is 11.8 Å². The molecule has 0 bridgehead atoms. The van der Waals surface area contributed by atoms with Crippen molar-refractivity contribution in [1.29, 1.82) is 0 Å². The van der Waals surface area contributed by atoms with Crippen LogP contribution in [0.4, 0.5) is 10.6 Å². The van der Waals surface area contributed by atoms with Crippen molar-refractivity contribution in [1.82, 2.24) is 15.3 Å². The van der Waals surface area contributed by atoms with Gasteiger partial charge in [0.1, 0.15) is 0 Å². The van der Waals surface area contributed by atoms with Gasteiger partial charge in [0.05, 0.1) is 26.0 Å². The van der Waals surface area contributed by atoms with Crippen molar-refractivity contribution in [2.75, 3.05) is 31.7 Å². The quantitative estimate of drug-likeness (QED) is 0.574. The normalized spacial score (nSPS) is 9.81. The zero-order chi connectivity index (χ0) is 11.6. The van der Waals surface area contributed by atoms with Crippen LogP contribution in [0, 0.1) is 0 Å². The Kier molecular flexibility index (Phi) is 5.82. The van der Waals surface area contributed by atoms with Crippen LogP contribution in [0.2, 0.25) is 0 Å². The molecule has 0 aliphatic rings. The fourth-order valence-corrected chi connectivity index (χ4v) is 0.927. The summed E-state index contributed by atoms with van der Waals surface area (Å²) in [6, 6.07) is -0.368. The van der Waals surface area contributed by atoms with Crippen LogP contribution < -0.4 is 10.6 Å². The summed E-state index contributed by atoms with van der Waals surface area (Å²) in [6.07, 6.45) is 4.45. The maximum Gasteiger partial charge on any atom is 0.320 e. The molecule has 1 aromatic rings. The van der Waals surface area contributed by atoms with Crippen molar-refractivity contribution in [3.63, 3.8) is 0 Å². The molecule has 0 aliphatic heterocycles. The number of ether oxygens (including phenoxy) is 1. The molecule has 88 valence electrons. The highest BCUT2D eigenvalue weighted by Crippen LogP contribution is 1.95. The van der Waals surface area contributed by atoms with Gasteiger partial charge in [-0.05, 0) is 0 Å². The minimum atomic E-state index is -0.368. The van der Waals surface area contributed by atoms with Crippen molar-refractivity contribution in [3.05, 3.63) is 18.6 Å². The molecule has 1 aromatic heterocycles. The molecule has 0 fully saturated rings. The number of aliphatic hydroxyl groups is 1. The van der Waals surface area contributed by atoms with E-state index in [0.29, 0.717) is 19.0 Å². The third kappa shape index (κ3) is 5.23. The number of aromatic nitrogens is 2. The third-order valence-corrected chi connectivity index (χ3v) is 1.57. The number of amides is 2. The number of anilines is 1. The molecule has 7 heteroatoms. The molecule has 0 saturated carbocycles. The minimum Gasteiger partial charge on any atom is -0.394 e. The molecule has 16 heavy (non-hydrogen) atoms. The van der Waals surface area contributed by atoms with E-state index in [9.17, 15) is 4.79 Å². The number of hydrogen-bond donors (Lipinski definition) is 3. The highest BCUT2D eigenvalue weighted by atomic mass is 16.5. The number of rotatable bonds is 6. The van der Waals surface area contributed by atoms with E-state index in [-0.39, 0.29) is 19.2 Å². The van der Waals surface area contributed by atoms with E-state index in [2.05, 4.69) is 20.6 Å². The van der Waals surface area contributed by atoms with E-state index in [0.717, 1.165) is 0 Å². The summed E-state index contributed by atoms with van der Waals surface area (Å²) in [5, 5.41) is 13.5. The lowest BCUT2D eigenvalue weighted by Gasteiger charge is -2.06. The first-order valence-electron chi connectivity index (χ1n) is 4.82. The Bertz CT molecular complexity index is 307. The number of carbonyl (C=O) groups is 1. The van der Waals surface area contributed by atoms with Gasteiger partial charge in [-0.2, -0.15) is 0 Å². The van der Waals surface area contributed by atoms with E-state index in [1.54, 1.807) is 0 Å².